The molecular weight excluding hydrogens is 241 g/mol. The third-order valence-corrected chi connectivity index (χ3v) is 1.59. The van der Waals surface area contributed by atoms with Crippen LogP contribution in [-0.4, -0.2) is 12.0 Å². The molecule has 1 rings (SSSR count). The first-order valence-corrected chi connectivity index (χ1v) is 3.72. The van der Waals surface area contributed by atoms with Gasteiger partial charge in [-0.2, -0.15) is 0 Å². The van der Waals surface area contributed by atoms with Gasteiger partial charge < -0.3 is 12.9 Å². The Balaban J connectivity index is 3.23. The van der Waals surface area contributed by atoms with Crippen molar-refractivity contribution >= 4 is 28.5 Å². The fraction of sp³-hybridized carbons (Fsp3) is 0. The summed E-state index contributed by atoms with van der Waals surface area (Å²) < 4.78 is 48.4. The lowest BCUT2D eigenvalue weighted by molar-refractivity contribution is 0.490. The monoisotopic (exact) mass is 242 g/mol. The smallest absolute Gasteiger partial charge is 0.444 e. The molecule has 1 aromatic rings. The van der Waals surface area contributed by atoms with Gasteiger partial charge in [0.25, 0.3) is 0 Å². The first-order valence-electron chi connectivity index (χ1n) is 2.93. The van der Waals surface area contributed by atoms with E-state index in [1.165, 1.54) is 0 Å². The van der Waals surface area contributed by atoms with Crippen LogP contribution in [0.4, 0.5) is 17.3 Å². The number of nitrogens with zero attached hydrogens (tertiary/aromatic N) is 1. The van der Waals surface area contributed by atoms with Gasteiger partial charge in [0.15, 0.2) is 0 Å². The third kappa shape index (κ3) is 1.97. The predicted octanol–water partition coefficient (Wildman–Crippen LogP) is 2.04. The van der Waals surface area contributed by atoms with E-state index < -0.39 is 18.4 Å². The molecule has 0 aliphatic rings. The fourth-order valence-electron chi connectivity index (χ4n) is 0.663. The molecule has 1 nitrogen and oxygen atoms in total. The molecular formula is C5H2BBrF4N-. The number of aromatic nitrogens is 1. The number of halogens is 5. The summed E-state index contributed by atoms with van der Waals surface area (Å²) in [5, 5.41) is 0. The van der Waals surface area contributed by atoms with Crippen molar-refractivity contribution in [1.82, 2.24) is 4.98 Å². The summed E-state index contributed by atoms with van der Waals surface area (Å²) in [6, 6.07) is 1.84. The summed E-state index contributed by atoms with van der Waals surface area (Å²) >= 11 is 2.72. The second kappa shape index (κ2) is 3.04. The Bertz CT molecular complexity index is 300. The van der Waals surface area contributed by atoms with Crippen LogP contribution >= 0.6 is 15.9 Å². The lowest BCUT2D eigenvalue weighted by Gasteiger charge is -2.14. The Morgan fingerprint density at radius 2 is 1.83 bits per heavy atom. The van der Waals surface area contributed by atoms with E-state index in [2.05, 4.69) is 20.9 Å². The lowest BCUT2D eigenvalue weighted by Crippen LogP contribution is -2.39. The largest absolute Gasteiger partial charge is 0.530 e. The molecule has 1 heterocycles. The van der Waals surface area contributed by atoms with Gasteiger partial charge in [-0.25, -0.2) is 4.39 Å². The Kier molecular flexibility index (Phi) is 2.41. The summed E-state index contributed by atoms with van der Waals surface area (Å²) in [6.07, 6.45) is 0. The molecule has 0 bridgehead atoms. The normalized spacial score (nSPS) is 11.8. The van der Waals surface area contributed by atoms with Gasteiger partial charge >= 0.3 is 6.98 Å². The van der Waals surface area contributed by atoms with Gasteiger partial charge in [-0.05, 0) is 28.1 Å². The van der Waals surface area contributed by atoms with Gasteiger partial charge in [0.2, 0.25) is 0 Å². The predicted molar refractivity (Wildman–Crippen MR) is 40.6 cm³/mol. The Morgan fingerprint density at radius 3 is 2.25 bits per heavy atom. The van der Waals surface area contributed by atoms with E-state index in [0.29, 0.717) is 0 Å². The van der Waals surface area contributed by atoms with E-state index in [0.717, 1.165) is 12.1 Å². The molecule has 0 fully saturated rings. The molecule has 0 aromatic carbocycles. The van der Waals surface area contributed by atoms with Crippen molar-refractivity contribution in [1.29, 1.82) is 0 Å². The van der Waals surface area contributed by atoms with Gasteiger partial charge in [0, 0.05) is 5.59 Å². The fourth-order valence-corrected chi connectivity index (χ4v) is 0.986. The van der Waals surface area contributed by atoms with Crippen LogP contribution in [0.2, 0.25) is 0 Å². The molecule has 0 radical (unpaired) electrons. The SMILES string of the molecule is Fc1ccc(Br)nc1[B-](F)(F)F. The highest BCUT2D eigenvalue weighted by Crippen LogP contribution is 2.12. The van der Waals surface area contributed by atoms with E-state index in [-0.39, 0.29) is 4.60 Å². The maximum absolute atomic E-state index is 12.5. The Morgan fingerprint density at radius 1 is 1.25 bits per heavy atom. The molecule has 0 saturated carbocycles. The van der Waals surface area contributed by atoms with Gasteiger partial charge in [0.05, 0.1) is 0 Å². The summed E-state index contributed by atoms with van der Waals surface area (Å²) in [5.41, 5.74) is -1.44. The quantitative estimate of drug-likeness (QED) is 0.417. The van der Waals surface area contributed by atoms with E-state index in [1.807, 2.05) is 0 Å². The van der Waals surface area contributed by atoms with Crippen LogP contribution < -0.4 is 5.59 Å². The second-order valence-corrected chi connectivity index (χ2v) is 2.89. The maximum Gasteiger partial charge on any atom is 0.530 e. The molecule has 1 aromatic heterocycles. The van der Waals surface area contributed by atoms with Gasteiger partial charge in [-0.15, -0.1) is 0 Å². The van der Waals surface area contributed by atoms with Crippen molar-refractivity contribution in [3.8, 4) is 0 Å². The first kappa shape index (κ1) is 9.50. The molecule has 0 amide bonds. The maximum atomic E-state index is 12.5. The van der Waals surface area contributed by atoms with Gasteiger partial charge in [0.1, 0.15) is 10.4 Å². The van der Waals surface area contributed by atoms with Gasteiger partial charge in [-0.1, -0.05) is 0 Å². The Labute approximate surface area is 74.0 Å². The van der Waals surface area contributed by atoms with Crippen LogP contribution in [0.5, 0.6) is 0 Å². The van der Waals surface area contributed by atoms with Crippen molar-refractivity contribution in [3.63, 3.8) is 0 Å². The third-order valence-electron chi connectivity index (χ3n) is 1.15. The second-order valence-electron chi connectivity index (χ2n) is 2.08. The average molecular weight is 243 g/mol. The molecule has 66 valence electrons. The highest BCUT2D eigenvalue weighted by molar-refractivity contribution is 9.10. The van der Waals surface area contributed by atoms with Crippen molar-refractivity contribution in [3.05, 3.63) is 22.6 Å². The topological polar surface area (TPSA) is 12.9 Å². The molecule has 0 aliphatic carbocycles. The van der Waals surface area contributed by atoms with Crippen LogP contribution in [0.15, 0.2) is 16.7 Å². The lowest BCUT2D eigenvalue weighted by atomic mass is 9.85. The zero-order valence-corrected chi connectivity index (χ0v) is 7.16. The van der Waals surface area contributed by atoms with E-state index in [4.69, 9.17) is 0 Å². The van der Waals surface area contributed by atoms with Crippen molar-refractivity contribution in [2.45, 2.75) is 0 Å². The molecule has 0 saturated heterocycles. The first-order chi connectivity index (χ1) is 5.41. The number of rotatable bonds is 1. The molecule has 0 N–H and O–H groups in total. The zero-order chi connectivity index (χ0) is 9.35. The molecule has 0 aliphatic heterocycles. The summed E-state index contributed by atoms with van der Waals surface area (Å²) in [5.74, 6) is -1.34. The number of pyridine rings is 1. The van der Waals surface area contributed by atoms with E-state index in [9.17, 15) is 17.3 Å². The highest BCUT2D eigenvalue weighted by Gasteiger charge is 2.31. The van der Waals surface area contributed by atoms with Crippen LogP contribution in [-0.2, 0) is 0 Å². The van der Waals surface area contributed by atoms with Crippen LogP contribution in [0, 0.1) is 5.82 Å². The zero-order valence-electron chi connectivity index (χ0n) is 5.57. The van der Waals surface area contributed by atoms with Gasteiger partial charge in [-0.3, -0.25) is 4.98 Å². The van der Waals surface area contributed by atoms with Crippen LogP contribution in [0.3, 0.4) is 0 Å². The highest BCUT2D eigenvalue weighted by atomic mass is 79.9. The molecule has 12 heavy (non-hydrogen) atoms. The molecule has 0 atom stereocenters. The summed E-state index contributed by atoms with van der Waals surface area (Å²) in [6.45, 7) is -5.36. The molecule has 0 unspecified atom stereocenters. The average Bonchev–Trinajstić information content (AvgIpc) is 1.92. The Hall–Kier alpha value is -0.585. The van der Waals surface area contributed by atoms with Crippen molar-refractivity contribution in [2.75, 3.05) is 0 Å². The van der Waals surface area contributed by atoms with Crippen LogP contribution in [0.1, 0.15) is 0 Å². The van der Waals surface area contributed by atoms with E-state index >= 15 is 0 Å². The van der Waals surface area contributed by atoms with Crippen molar-refractivity contribution < 1.29 is 17.3 Å². The molecule has 0 spiro atoms. The summed E-state index contributed by atoms with van der Waals surface area (Å²) in [7, 11) is 0. The minimum atomic E-state index is -5.36. The van der Waals surface area contributed by atoms with E-state index in [1.54, 1.807) is 0 Å². The molecule has 7 heteroatoms. The minimum Gasteiger partial charge on any atom is -0.444 e. The minimum absolute atomic E-state index is 0.0295. The van der Waals surface area contributed by atoms with Crippen LogP contribution in [0.25, 0.3) is 0 Å². The number of hydrogen-bond donors (Lipinski definition) is 0. The standard InChI is InChI=1S/C5H2BBrF4N/c7-4-2-1-3(8)5(12-4)6(9,10)11/h1-2H/q-1. The number of hydrogen-bond acceptors (Lipinski definition) is 1. The summed E-state index contributed by atoms with van der Waals surface area (Å²) in [4.78, 5) is 2.99. The van der Waals surface area contributed by atoms with Crippen molar-refractivity contribution in [2.24, 2.45) is 0 Å².